The molecular formula is C28H18O3S. The second-order valence-electron chi connectivity index (χ2n) is 7.59. The summed E-state index contributed by atoms with van der Waals surface area (Å²) in [4.78, 5) is 41.1. The maximum absolute atomic E-state index is 13.4. The normalized spacial score (nSPS) is 13.4. The molecule has 1 aliphatic rings. The number of benzene rings is 4. The summed E-state index contributed by atoms with van der Waals surface area (Å²) in [5.41, 5.74) is 1.54. The van der Waals surface area contributed by atoms with Crippen LogP contribution in [0.2, 0.25) is 0 Å². The Labute approximate surface area is 189 Å². The molecule has 0 amide bonds. The monoisotopic (exact) mass is 434 g/mol. The zero-order valence-electron chi connectivity index (χ0n) is 17.1. The van der Waals surface area contributed by atoms with E-state index in [-0.39, 0.29) is 29.3 Å². The van der Waals surface area contributed by atoms with Gasteiger partial charge in [0.25, 0.3) is 0 Å². The molecule has 4 heteroatoms. The molecule has 0 atom stereocenters. The van der Waals surface area contributed by atoms with Gasteiger partial charge in [-0.05, 0) is 29.0 Å². The first kappa shape index (κ1) is 20.2. The van der Waals surface area contributed by atoms with Gasteiger partial charge in [0.05, 0.1) is 4.91 Å². The zero-order chi connectivity index (χ0) is 22.1. The molecule has 0 aromatic heterocycles. The number of hydrogen-bond donors (Lipinski definition) is 0. The first-order chi connectivity index (χ1) is 15.6. The first-order valence-electron chi connectivity index (χ1n) is 10.3. The summed E-state index contributed by atoms with van der Waals surface area (Å²) >= 11 is 1.24. The highest BCUT2D eigenvalue weighted by Gasteiger charge is 2.33. The number of Topliss-reactive ketones (excluding diaryl/α,β-unsaturated/α-hetero) is 3. The van der Waals surface area contributed by atoms with E-state index in [1.807, 2.05) is 66.7 Å². The highest BCUT2D eigenvalue weighted by molar-refractivity contribution is 8.04. The van der Waals surface area contributed by atoms with Gasteiger partial charge in [-0.25, -0.2) is 0 Å². The van der Waals surface area contributed by atoms with E-state index in [0.717, 1.165) is 15.7 Å². The Bertz CT molecular complexity index is 1420. The fraction of sp³-hybridized carbons (Fsp3) is 0.0357. The van der Waals surface area contributed by atoms with Crippen molar-refractivity contribution in [3.05, 3.63) is 124 Å². The van der Waals surface area contributed by atoms with E-state index in [2.05, 4.69) is 0 Å². The van der Waals surface area contributed by atoms with E-state index >= 15 is 0 Å². The average Bonchev–Trinajstić information content (AvgIpc) is 2.84. The van der Waals surface area contributed by atoms with Crippen molar-refractivity contribution in [3.63, 3.8) is 0 Å². The van der Waals surface area contributed by atoms with Crippen molar-refractivity contribution in [2.75, 3.05) is 0 Å². The third-order valence-corrected chi connectivity index (χ3v) is 6.69. The molecule has 4 aromatic rings. The molecule has 0 aliphatic heterocycles. The minimum atomic E-state index is -0.257. The molecule has 0 saturated carbocycles. The van der Waals surface area contributed by atoms with E-state index in [9.17, 15) is 14.4 Å². The minimum Gasteiger partial charge on any atom is -0.294 e. The summed E-state index contributed by atoms with van der Waals surface area (Å²) in [7, 11) is 0. The van der Waals surface area contributed by atoms with Crippen LogP contribution in [0.15, 0.2) is 112 Å². The molecular weight excluding hydrogens is 416 g/mol. The largest absolute Gasteiger partial charge is 0.294 e. The number of hydrogen-bond acceptors (Lipinski definition) is 4. The Hall–Kier alpha value is -3.76. The summed E-state index contributed by atoms with van der Waals surface area (Å²) in [6.07, 6.45) is -0.119. The molecule has 4 aromatic carbocycles. The second kappa shape index (κ2) is 8.40. The predicted molar refractivity (Wildman–Crippen MR) is 127 cm³/mol. The summed E-state index contributed by atoms with van der Waals surface area (Å²) in [5.74, 6) is -0.652. The molecule has 0 radical (unpaired) electrons. The molecule has 0 fully saturated rings. The highest BCUT2D eigenvalue weighted by atomic mass is 32.2. The topological polar surface area (TPSA) is 51.2 Å². The van der Waals surface area contributed by atoms with Gasteiger partial charge in [0.1, 0.15) is 0 Å². The fourth-order valence-corrected chi connectivity index (χ4v) is 4.92. The van der Waals surface area contributed by atoms with Crippen molar-refractivity contribution >= 4 is 39.9 Å². The zero-order valence-corrected chi connectivity index (χ0v) is 17.9. The average molecular weight is 435 g/mol. The number of carbonyl (C=O) groups excluding carboxylic acids is 3. The van der Waals surface area contributed by atoms with Crippen LogP contribution in [0, 0.1) is 0 Å². The second-order valence-corrected chi connectivity index (χ2v) is 8.67. The van der Waals surface area contributed by atoms with Crippen LogP contribution in [0.25, 0.3) is 10.8 Å². The quantitative estimate of drug-likeness (QED) is 0.335. The van der Waals surface area contributed by atoms with Crippen molar-refractivity contribution in [2.45, 2.75) is 11.3 Å². The molecule has 1 aliphatic carbocycles. The maximum atomic E-state index is 13.4. The Balaban J connectivity index is 1.56. The van der Waals surface area contributed by atoms with Gasteiger partial charge in [0, 0.05) is 33.6 Å². The van der Waals surface area contributed by atoms with Crippen molar-refractivity contribution in [1.82, 2.24) is 0 Å². The van der Waals surface area contributed by atoms with Gasteiger partial charge in [-0.15, -0.1) is 0 Å². The predicted octanol–water partition coefficient (Wildman–Crippen LogP) is 6.54. The van der Waals surface area contributed by atoms with Crippen molar-refractivity contribution < 1.29 is 14.4 Å². The summed E-state index contributed by atoms with van der Waals surface area (Å²) in [6, 6.07) is 29.6. The molecule has 0 unspecified atom stereocenters. The van der Waals surface area contributed by atoms with Gasteiger partial charge in [-0.2, -0.15) is 0 Å². The number of ketones is 3. The van der Waals surface area contributed by atoms with E-state index in [4.69, 9.17) is 0 Å². The number of allylic oxidation sites excluding steroid dienone is 2. The SMILES string of the molecule is O=C(CC1=C(Sc2ccccc2)C(=O)c2ccccc2C1=O)c1ccc2ccccc2c1. The lowest BCUT2D eigenvalue weighted by Crippen LogP contribution is -2.22. The van der Waals surface area contributed by atoms with Crippen molar-refractivity contribution in [2.24, 2.45) is 0 Å². The van der Waals surface area contributed by atoms with E-state index in [1.54, 1.807) is 30.3 Å². The molecule has 0 N–H and O–H groups in total. The third kappa shape index (κ3) is 3.70. The Morgan fingerprint density at radius 1 is 0.656 bits per heavy atom. The van der Waals surface area contributed by atoms with Crippen LogP contribution in [0.1, 0.15) is 37.5 Å². The molecule has 0 spiro atoms. The van der Waals surface area contributed by atoms with Gasteiger partial charge in [0.2, 0.25) is 5.78 Å². The van der Waals surface area contributed by atoms with Crippen molar-refractivity contribution in [3.8, 4) is 0 Å². The first-order valence-corrected chi connectivity index (χ1v) is 11.1. The minimum absolute atomic E-state index is 0.119. The molecule has 0 saturated heterocycles. The van der Waals surface area contributed by atoms with Gasteiger partial charge in [-0.3, -0.25) is 14.4 Å². The van der Waals surface area contributed by atoms with Crippen LogP contribution in [0.3, 0.4) is 0 Å². The molecule has 3 nitrogen and oxygen atoms in total. The Morgan fingerprint density at radius 3 is 2.03 bits per heavy atom. The standard InChI is InChI=1S/C28H18O3S/c29-25(20-15-14-18-8-4-5-9-19(18)16-20)17-24-26(30)22-12-6-7-13-23(22)27(31)28(24)32-21-10-2-1-3-11-21/h1-16H,17H2. The number of rotatable bonds is 5. The van der Waals surface area contributed by atoms with Gasteiger partial charge >= 0.3 is 0 Å². The van der Waals surface area contributed by atoms with Gasteiger partial charge in [-0.1, -0.05) is 90.6 Å². The van der Waals surface area contributed by atoms with Crippen LogP contribution in [-0.2, 0) is 0 Å². The number of fused-ring (bicyclic) bond motifs is 2. The fourth-order valence-electron chi connectivity index (χ4n) is 3.90. The Morgan fingerprint density at radius 2 is 1.28 bits per heavy atom. The molecule has 0 bridgehead atoms. The highest BCUT2D eigenvalue weighted by Crippen LogP contribution is 2.38. The Kier molecular flexibility index (Phi) is 5.29. The van der Waals surface area contributed by atoms with Gasteiger partial charge in [0.15, 0.2) is 11.6 Å². The van der Waals surface area contributed by atoms with Gasteiger partial charge < -0.3 is 0 Å². The molecule has 5 rings (SSSR count). The lowest BCUT2D eigenvalue weighted by Gasteiger charge is -2.20. The van der Waals surface area contributed by atoms with Crippen LogP contribution in [0.4, 0.5) is 0 Å². The van der Waals surface area contributed by atoms with Crippen LogP contribution in [0.5, 0.6) is 0 Å². The van der Waals surface area contributed by atoms with Crippen LogP contribution in [-0.4, -0.2) is 17.3 Å². The van der Waals surface area contributed by atoms with Crippen molar-refractivity contribution in [1.29, 1.82) is 0 Å². The molecule has 154 valence electrons. The van der Waals surface area contributed by atoms with E-state index < -0.39 is 0 Å². The van der Waals surface area contributed by atoms with Crippen LogP contribution >= 0.6 is 11.8 Å². The smallest absolute Gasteiger partial charge is 0.200 e. The number of thioether (sulfide) groups is 1. The summed E-state index contributed by atoms with van der Waals surface area (Å²) in [6.45, 7) is 0. The third-order valence-electron chi connectivity index (χ3n) is 5.54. The van der Waals surface area contributed by atoms with E-state index in [0.29, 0.717) is 21.6 Å². The summed E-state index contributed by atoms with van der Waals surface area (Å²) < 4.78 is 0. The molecule has 0 heterocycles. The van der Waals surface area contributed by atoms with E-state index in [1.165, 1.54) is 11.8 Å². The lowest BCUT2D eigenvalue weighted by molar-refractivity contribution is 0.0946. The maximum Gasteiger partial charge on any atom is 0.200 e. The summed E-state index contributed by atoms with van der Waals surface area (Å²) in [5, 5.41) is 2.00. The molecule has 32 heavy (non-hydrogen) atoms. The lowest BCUT2D eigenvalue weighted by atomic mass is 9.86. The number of carbonyl (C=O) groups is 3. The van der Waals surface area contributed by atoms with Crippen LogP contribution < -0.4 is 0 Å².